The molecule has 0 aromatic heterocycles. The lowest BCUT2D eigenvalue weighted by molar-refractivity contribution is 0.538. The van der Waals surface area contributed by atoms with Crippen LogP contribution in [-0.4, -0.2) is 20.7 Å². The minimum Gasteiger partial charge on any atom is -0.218 e. The quantitative estimate of drug-likeness (QED) is 0.665. The van der Waals surface area contributed by atoms with Gasteiger partial charge in [-0.15, -0.1) is 0 Å². The van der Waals surface area contributed by atoms with Crippen molar-refractivity contribution in [1.82, 2.24) is 4.72 Å². The minimum atomic E-state index is -3.05. The molecule has 0 fully saturated rings. The molecule has 62 valence electrons. The molecule has 10 heavy (non-hydrogen) atoms. The van der Waals surface area contributed by atoms with Crippen LogP contribution in [0.5, 0.6) is 0 Å². The topological polar surface area (TPSA) is 46.2 Å². The van der Waals surface area contributed by atoms with Crippen LogP contribution in [0.4, 0.5) is 0 Å². The second kappa shape index (κ2) is 3.34. The summed E-state index contributed by atoms with van der Waals surface area (Å²) in [7, 11) is -1.61. The summed E-state index contributed by atoms with van der Waals surface area (Å²) in [5, 5.41) is -0.308. The fourth-order valence-corrected chi connectivity index (χ4v) is 1.63. The maximum Gasteiger partial charge on any atom is 0.214 e. The molecule has 0 aliphatic rings. The summed E-state index contributed by atoms with van der Waals surface area (Å²) in [4.78, 5) is 0. The molecule has 0 saturated heterocycles. The van der Waals surface area contributed by atoms with Crippen molar-refractivity contribution < 1.29 is 8.42 Å². The highest BCUT2D eigenvalue weighted by Crippen LogP contribution is 2.08. The number of nitrogens with one attached hydrogen (secondary N) is 1. The molecule has 0 aliphatic carbocycles. The van der Waals surface area contributed by atoms with E-state index in [0.29, 0.717) is 0 Å². The molecule has 1 unspecified atom stereocenters. The summed E-state index contributed by atoms with van der Waals surface area (Å²) in [5.41, 5.74) is 0. The Hall–Kier alpha value is -0.0900. The number of hydrogen-bond acceptors (Lipinski definition) is 2. The zero-order valence-corrected chi connectivity index (χ0v) is 7.70. The molecule has 1 N–H and O–H groups in total. The van der Waals surface area contributed by atoms with Gasteiger partial charge in [-0.05, 0) is 19.9 Å². The van der Waals surface area contributed by atoms with Crippen LogP contribution >= 0.6 is 0 Å². The summed E-state index contributed by atoms with van der Waals surface area (Å²) in [6.07, 6.45) is 0. The zero-order valence-electron chi connectivity index (χ0n) is 6.88. The Morgan fingerprint density at radius 3 is 1.70 bits per heavy atom. The summed E-state index contributed by atoms with van der Waals surface area (Å²) < 4.78 is 24.4. The Labute approximate surface area is 62.9 Å². The Bertz CT molecular complexity index is 184. The normalized spacial score (nSPS) is 15.7. The van der Waals surface area contributed by atoms with Crippen LogP contribution in [0.2, 0.25) is 0 Å². The molecule has 0 aliphatic heterocycles. The largest absolute Gasteiger partial charge is 0.218 e. The van der Waals surface area contributed by atoms with Gasteiger partial charge in [0.15, 0.2) is 0 Å². The summed E-state index contributed by atoms with van der Waals surface area (Å²) in [5.74, 6) is 0.164. The highest BCUT2D eigenvalue weighted by Gasteiger charge is 2.21. The molecule has 0 bridgehead atoms. The maximum atomic E-state index is 11.0. The predicted molar refractivity (Wildman–Crippen MR) is 42.3 cm³/mol. The summed E-state index contributed by atoms with van der Waals surface area (Å²) >= 11 is 0. The van der Waals surface area contributed by atoms with E-state index < -0.39 is 10.0 Å². The third kappa shape index (κ3) is 2.27. The van der Waals surface area contributed by atoms with Crippen molar-refractivity contribution in [2.45, 2.75) is 26.0 Å². The Morgan fingerprint density at radius 1 is 1.20 bits per heavy atom. The van der Waals surface area contributed by atoms with Gasteiger partial charge in [0.2, 0.25) is 10.0 Å². The van der Waals surface area contributed by atoms with Gasteiger partial charge in [-0.2, -0.15) is 0 Å². The lowest BCUT2D eigenvalue weighted by atomic mass is 10.2. The van der Waals surface area contributed by atoms with Gasteiger partial charge in [-0.1, -0.05) is 13.8 Å². The molecule has 0 spiro atoms. The second-order valence-electron chi connectivity index (χ2n) is 2.70. The highest BCUT2D eigenvalue weighted by molar-refractivity contribution is 7.90. The van der Waals surface area contributed by atoms with Crippen molar-refractivity contribution in [3.8, 4) is 0 Å². The molecule has 0 heterocycles. The van der Waals surface area contributed by atoms with Gasteiger partial charge in [0.1, 0.15) is 0 Å². The average Bonchev–Trinajstić information content (AvgIpc) is 1.86. The van der Waals surface area contributed by atoms with Gasteiger partial charge in [0, 0.05) is 0 Å². The third-order valence-corrected chi connectivity index (χ3v) is 3.81. The van der Waals surface area contributed by atoms with Crippen LogP contribution < -0.4 is 4.72 Å². The molecule has 0 saturated carbocycles. The fraction of sp³-hybridized carbons (Fsp3) is 1.00. The molecular weight excluding hydrogens is 150 g/mol. The number of hydrogen-bond donors (Lipinski definition) is 1. The average molecular weight is 165 g/mol. The molecule has 4 heteroatoms. The first-order valence-electron chi connectivity index (χ1n) is 3.34. The molecular formula is C6H15NO2S. The molecule has 0 aromatic rings. The van der Waals surface area contributed by atoms with Crippen molar-refractivity contribution in [3.63, 3.8) is 0 Å². The van der Waals surface area contributed by atoms with Crippen LogP contribution in [0.25, 0.3) is 0 Å². The maximum absolute atomic E-state index is 11.0. The van der Waals surface area contributed by atoms with Crippen molar-refractivity contribution >= 4 is 10.0 Å². The summed E-state index contributed by atoms with van der Waals surface area (Å²) in [6, 6.07) is 0. The van der Waals surface area contributed by atoms with E-state index in [1.165, 1.54) is 7.05 Å². The first kappa shape index (κ1) is 9.91. The summed E-state index contributed by atoms with van der Waals surface area (Å²) in [6.45, 7) is 5.48. The number of sulfonamides is 1. The van der Waals surface area contributed by atoms with E-state index >= 15 is 0 Å². The smallest absolute Gasteiger partial charge is 0.214 e. The van der Waals surface area contributed by atoms with Gasteiger partial charge in [0.05, 0.1) is 5.25 Å². The van der Waals surface area contributed by atoms with Gasteiger partial charge in [-0.3, -0.25) is 0 Å². The van der Waals surface area contributed by atoms with Crippen molar-refractivity contribution in [2.24, 2.45) is 5.92 Å². The lowest BCUT2D eigenvalue weighted by Crippen LogP contribution is -2.32. The molecule has 1 atom stereocenters. The molecule has 0 aromatic carbocycles. The fourth-order valence-electron chi connectivity index (χ4n) is 0.544. The van der Waals surface area contributed by atoms with Crippen LogP contribution in [0.1, 0.15) is 20.8 Å². The lowest BCUT2D eigenvalue weighted by Gasteiger charge is -2.14. The monoisotopic (exact) mass is 165 g/mol. The van der Waals surface area contributed by atoms with E-state index in [1.807, 2.05) is 13.8 Å². The van der Waals surface area contributed by atoms with E-state index in [-0.39, 0.29) is 11.2 Å². The Kier molecular flexibility index (Phi) is 3.31. The van der Waals surface area contributed by atoms with Gasteiger partial charge in [0.25, 0.3) is 0 Å². The van der Waals surface area contributed by atoms with E-state index in [2.05, 4.69) is 4.72 Å². The third-order valence-electron chi connectivity index (χ3n) is 1.71. The Morgan fingerprint density at radius 2 is 1.60 bits per heavy atom. The molecule has 3 nitrogen and oxygen atoms in total. The molecule has 0 rings (SSSR count). The van der Waals surface area contributed by atoms with Crippen LogP contribution in [0.15, 0.2) is 0 Å². The molecule has 0 radical (unpaired) electrons. The second-order valence-corrected chi connectivity index (χ2v) is 4.94. The highest BCUT2D eigenvalue weighted by atomic mass is 32.2. The SMILES string of the molecule is CNS(=O)(=O)C(C)C(C)C. The first-order valence-corrected chi connectivity index (χ1v) is 4.88. The Balaban J connectivity index is 4.35. The number of rotatable bonds is 3. The van der Waals surface area contributed by atoms with Crippen molar-refractivity contribution in [3.05, 3.63) is 0 Å². The van der Waals surface area contributed by atoms with E-state index in [1.54, 1.807) is 6.92 Å². The minimum absolute atomic E-state index is 0.164. The van der Waals surface area contributed by atoms with Crippen molar-refractivity contribution in [2.75, 3.05) is 7.05 Å². The van der Waals surface area contributed by atoms with Crippen LogP contribution in [0.3, 0.4) is 0 Å². The predicted octanol–water partition coefficient (Wildman–Crippen LogP) is 0.580. The van der Waals surface area contributed by atoms with Gasteiger partial charge >= 0.3 is 0 Å². The van der Waals surface area contributed by atoms with Crippen LogP contribution in [0, 0.1) is 5.92 Å². The molecule has 0 amide bonds. The van der Waals surface area contributed by atoms with E-state index in [9.17, 15) is 8.42 Å². The van der Waals surface area contributed by atoms with Crippen LogP contribution in [-0.2, 0) is 10.0 Å². The van der Waals surface area contributed by atoms with Gasteiger partial charge in [-0.25, -0.2) is 13.1 Å². The zero-order chi connectivity index (χ0) is 8.36. The van der Waals surface area contributed by atoms with Gasteiger partial charge < -0.3 is 0 Å². The van der Waals surface area contributed by atoms with Crippen molar-refractivity contribution in [1.29, 1.82) is 0 Å². The van der Waals surface area contributed by atoms with E-state index in [4.69, 9.17) is 0 Å². The standard InChI is InChI=1S/C6H15NO2S/c1-5(2)6(3)10(8,9)7-4/h5-7H,1-4H3. The first-order chi connectivity index (χ1) is 4.41. The van der Waals surface area contributed by atoms with E-state index in [0.717, 1.165) is 0 Å².